The maximum atomic E-state index is 14.7. The molecular formula is C48H64N12O8. The second kappa shape index (κ2) is 25.4. The molecule has 14 N–H and O–H groups in total. The minimum Gasteiger partial charge on any atom is -0.370 e. The Bertz CT molecular complexity index is 2470. The summed E-state index contributed by atoms with van der Waals surface area (Å²) in [4.78, 5) is 117. The average Bonchev–Trinajstić information content (AvgIpc) is 3.71. The molecule has 1 fully saturated rings. The van der Waals surface area contributed by atoms with Gasteiger partial charge in [-0.05, 0) is 66.5 Å². The smallest absolute Gasteiger partial charge is 0.243 e. The van der Waals surface area contributed by atoms with Crippen molar-refractivity contribution >= 4 is 74.9 Å². The first-order valence-corrected chi connectivity index (χ1v) is 23.0. The molecule has 6 atom stereocenters. The summed E-state index contributed by atoms with van der Waals surface area (Å²) < 4.78 is 0. The lowest BCUT2D eigenvalue weighted by Crippen LogP contribution is -2.60. The van der Waals surface area contributed by atoms with Gasteiger partial charge in [0.15, 0.2) is 5.96 Å². The van der Waals surface area contributed by atoms with Crippen LogP contribution in [0.2, 0.25) is 0 Å². The quantitative estimate of drug-likeness (QED) is 0.0444. The van der Waals surface area contributed by atoms with E-state index in [1.165, 1.54) is 6.92 Å². The first-order valence-electron chi connectivity index (χ1n) is 23.0. The van der Waals surface area contributed by atoms with Gasteiger partial charge in [0, 0.05) is 50.0 Å². The maximum Gasteiger partial charge on any atom is 0.243 e. The van der Waals surface area contributed by atoms with Gasteiger partial charge in [-0.1, -0.05) is 80.4 Å². The number of rotatable bonds is 15. The van der Waals surface area contributed by atoms with E-state index in [4.69, 9.17) is 17.2 Å². The van der Waals surface area contributed by atoms with Crippen molar-refractivity contribution in [3.63, 3.8) is 0 Å². The lowest BCUT2D eigenvalue weighted by Gasteiger charge is -2.28. The summed E-state index contributed by atoms with van der Waals surface area (Å²) in [7, 11) is 0. The third-order valence-electron chi connectivity index (χ3n) is 11.7. The molecule has 8 amide bonds. The number of H-pyrrole nitrogens is 1. The zero-order valence-electron chi connectivity index (χ0n) is 38.5. The van der Waals surface area contributed by atoms with E-state index in [-0.39, 0.29) is 57.6 Å². The molecule has 3 aromatic carbocycles. The number of fused-ring (bicyclic) bond motifs is 2. The van der Waals surface area contributed by atoms with Gasteiger partial charge in [0.25, 0.3) is 0 Å². The number of para-hydroxylation sites is 1. The molecule has 2 heterocycles. The number of guanidine groups is 1. The van der Waals surface area contributed by atoms with Gasteiger partial charge >= 0.3 is 0 Å². The summed E-state index contributed by atoms with van der Waals surface area (Å²) in [5.74, 6) is -5.93. The number of hydrogen-bond acceptors (Lipinski definition) is 9. The number of carbonyl (C=O) groups is 8. The second-order valence-corrected chi connectivity index (χ2v) is 17.1. The molecule has 1 saturated heterocycles. The molecule has 0 bridgehead atoms. The van der Waals surface area contributed by atoms with Gasteiger partial charge in [-0.25, -0.2) is 0 Å². The molecule has 0 radical (unpaired) electrons. The minimum atomic E-state index is -1.52. The van der Waals surface area contributed by atoms with Crippen molar-refractivity contribution in [3.05, 3.63) is 84.1 Å². The van der Waals surface area contributed by atoms with Crippen LogP contribution >= 0.6 is 0 Å². The predicted molar refractivity (Wildman–Crippen MR) is 257 cm³/mol. The third kappa shape index (κ3) is 15.6. The molecular weight excluding hydrogens is 873 g/mol. The molecule has 20 nitrogen and oxygen atoms in total. The number of aliphatic imine (C=N–C) groups is 1. The highest BCUT2D eigenvalue weighted by Gasteiger charge is 2.34. The number of unbranched alkanes of at least 4 members (excludes halogenated alkanes) is 1. The lowest BCUT2D eigenvalue weighted by atomic mass is 9.99. The van der Waals surface area contributed by atoms with E-state index in [9.17, 15) is 38.4 Å². The molecule has 1 aromatic heterocycles. The van der Waals surface area contributed by atoms with Crippen LogP contribution < -0.4 is 54.4 Å². The van der Waals surface area contributed by atoms with Gasteiger partial charge in [-0.15, -0.1) is 0 Å². The highest BCUT2D eigenvalue weighted by Crippen LogP contribution is 2.21. The number of nitrogens with one attached hydrogen (secondary N) is 8. The van der Waals surface area contributed by atoms with Crippen molar-refractivity contribution in [3.8, 4) is 0 Å². The van der Waals surface area contributed by atoms with E-state index in [1.54, 1.807) is 12.3 Å². The van der Waals surface area contributed by atoms with E-state index >= 15 is 0 Å². The van der Waals surface area contributed by atoms with E-state index < -0.39 is 89.9 Å². The molecule has 364 valence electrons. The fraction of sp³-hybridized carbons (Fsp3) is 0.438. The third-order valence-corrected chi connectivity index (χ3v) is 11.7. The highest BCUT2D eigenvalue weighted by atomic mass is 16.2. The molecule has 1 aliphatic rings. The van der Waals surface area contributed by atoms with Crippen molar-refractivity contribution in [2.45, 2.75) is 121 Å². The van der Waals surface area contributed by atoms with Crippen molar-refractivity contribution < 1.29 is 38.4 Å². The molecule has 0 saturated carbocycles. The number of benzene rings is 3. The number of amides is 8. The van der Waals surface area contributed by atoms with Gasteiger partial charge in [0.1, 0.15) is 36.3 Å². The van der Waals surface area contributed by atoms with E-state index in [0.717, 1.165) is 21.7 Å². The molecule has 20 heteroatoms. The SMILES string of the molecule is CCCC[C@H](NC(C)=O)C(=O)NC1CC(=O)NCCCCC(C(N)=O)NC(=O)[C@H](Cc2c[nH]c3ccccc23)NC(=O)[C@H](CCCN=C(N)N)NC(=O)[C@@H](Cc2ccc3ccccc3c2)NC1=O. The summed E-state index contributed by atoms with van der Waals surface area (Å²) in [6, 6.07) is 12.8. The van der Waals surface area contributed by atoms with E-state index in [2.05, 4.69) is 47.2 Å². The van der Waals surface area contributed by atoms with Gasteiger partial charge < -0.3 is 59.4 Å². The van der Waals surface area contributed by atoms with Crippen molar-refractivity contribution in [2.24, 2.45) is 22.2 Å². The molecule has 5 rings (SSSR count). The molecule has 4 aromatic rings. The van der Waals surface area contributed by atoms with Crippen LogP contribution in [0.4, 0.5) is 0 Å². The molecule has 0 aliphatic carbocycles. The number of aromatic nitrogens is 1. The van der Waals surface area contributed by atoms with Crippen LogP contribution in [0, 0.1) is 0 Å². The summed E-state index contributed by atoms with van der Waals surface area (Å²) in [6.45, 7) is 3.37. The summed E-state index contributed by atoms with van der Waals surface area (Å²) in [6.07, 6.45) is 3.52. The summed E-state index contributed by atoms with van der Waals surface area (Å²) in [5, 5.41) is 21.6. The monoisotopic (exact) mass is 936 g/mol. The standard InChI is InChI=1S/C48H64N12O8/c1-3-4-15-36(55-28(2)61)43(64)60-40-26-41(62)52-21-10-9-17-35(42(49)63)56-46(67)39(25-32-27-54-34-16-8-7-14-33(32)34)59-44(65)37(18-11-22-53-48(50)51)57-45(66)38(58-47(40)68)24-29-19-20-30-12-5-6-13-31(30)23-29/h5-8,12-14,16,19-20,23,27,35-40,54H,3-4,9-11,15,17-18,21-22,24-26H2,1-2H3,(H2,49,63)(H,52,62)(H,55,61)(H,56,67)(H,57,66)(H,58,68)(H,59,65)(H,60,64)(H4,50,51,53)/t35?,36-,37-,38+,39-,40?/m0/s1. The van der Waals surface area contributed by atoms with E-state index in [1.807, 2.05) is 67.6 Å². The molecule has 1 aliphatic heterocycles. The topological polar surface area (TPSA) is 327 Å². The fourth-order valence-corrected chi connectivity index (χ4v) is 8.05. The molecule has 68 heavy (non-hydrogen) atoms. The van der Waals surface area contributed by atoms with Crippen LogP contribution in [0.15, 0.2) is 77.9 Å². The summed E-state index contributed by atoms with van der Waals surface area (Å²) in [5.41, 5.74) is 19.0. The number of primary amides is 1. The first kappa shape index (κ1) is 51.5. The van der Waals surface area contributed by atoms with Crippen molar-refractivity contribution in [1.82, 2.24) is 42.2 Å². The Balaban J connectivity index is 1.54. The van der Waals surface area contributed by atoms with Crippen LogP contribution in [-0.4, -0.2) is 108 Å². The zero-order valence-corrected chi connectivity index (χ0v) is 38.5. The van der Waals surface area contributed by atoms with Gasteiger partial charge in [-0.2, -0.15) is 0 Å². The van der Waals surface area contributed by atoms with E-state index in [0.29, 0.717) is 36.8 Å². The minimum absolute atomic E-state index is 0.0250. The predicted octanol–water partition coefficient (Wildman–Crippen LogP) is 0.454. The Morgan fingerprint density at radius 2 is 1.46 bits per heavy atom. The van der Waals surface area contributed by atoms with Crippen molar-refractivity contribution in [1.29, 1.82) is 0 Å². The van der Waals surface area contributed by atoms with Crippen LogP contribution in [0.5, 0.6) is 0 Å². The van der Waals surface area contributed by atoms with Crippen LogP contribution in [0.1, 0.15) is 82.8 Å². The lowest BCUT2D eigenvalue weighted by molar-refractivity contribution is -0.136. The highest BCUT2D eigenvalue weighted by molar-refractivity contribution is 5.99. The van der Waals surface area contributed by atoms with Crippen LogP contribution in [0.3, 0.4) is 0 Å². The number of nitrogens with two attached hydrogens (primary N) is 3. The Morgan fingerprint density at radius 3 is 2.19 bits per heavy atom. The number of aromatic amines is 1. The number of carbonyl (C=O) groups excluding carboxylic acids is 8. The van der Waals surface area contributed by atoms with Gasteiger partial charge in [0.2, 0.25) is 47.3 Å². The largest absolute Gasteiger partial charge is 0.370 e. The second-order valence-electron chi connectivity index (χ2n) is 17.1. The Morgan fingerprint density at radius 1 is 0.779 bits per heavy atom. The molecule has 0 spiro atoms. The zero-order chi connectivity index (χ0) is 49.2. The van der Waals surface area contributed by atoms with Gasteiger partial charge in [0.05, 0.1) is 6.42 Å². The van der Waals surface area contributed by atoms with Gasteiger partial charge in [-0.3, -0.25) is 43.3 Å². The maximum absolute atomic E-state index is 14.7. The fourth-order valence-electron chi connectivity index (χ4n) is 8.05. The Kier molecular flexibility index (Phi) is 19.2. The number of nitrogens with zero attached hydrogens (tertiary/aromatic N) is 1. The Labute approximate surface area is 394 Å². The average molecular weight is 937 g/mol. The summed E-state index contributed by atoms with van der Waals surface area (Å²) >= 11 is 0. The van der Waals surface area contributed by atoms with Crippen LogP contribution in [0.25, 0.3) is 21.7 Å². The molecule has 2 unspecified atom stereocenters. The first-order chi connectivity index (χ1) is 32.6. The normalized spacial score (nSPS) is 20.7. The van der Waals surface area contributed by atoms with Crippen molar-refractivity contribution in [2.75, 3.05) is 13.1 Å². The Hall–Kier alpha value is -7.51. The van der Waals surface area contributed by atoms with Crippen LogP contribution in [-0.2, 0) is 51.2 Å². The number of hydrogen-bond donors (Lipinski definition) is 11.